The summed E-state index contributed by atoms with van der Waals surface area (Å²) >= 11 is 0. The highest BCUT2D eigenvalue weighted by molar-refractivity contribution is 5.93. The van der Waals surface area contributed by atoms with Crippen LogP contribution < -0.4 is 10.9 Å². The van der Waals surface area contributed by atoms with Gasteiger partial charge in [0.2, 0.25) is 0 Å². The van der Waals surface area contributed by atoms with E-state index in [0.29, 0.717) is 12.1 Å². The van der Waals surface area contributed by atoms with Crippen molar-refractivity contribution in [1.29, 1.82) is 0 Å². The van der Waals surface area contributed by atoms with Gasteiger partial charge in [0, 0.05) is 12.1 Å². The molecule has 0 atom stereocenters. The second-order valence-electron chi connectivity index (χ2n) is 4.01. The van der Waals surface area contributed by atoms with Crippen molar-refractivity contribution < 1.29 is 4.79 Å². The second-order valence-corrected chi connectivity index (χ2v) is 4.01. The number of rotatable bonds is 5. The molecule has 2 rings (SSSR count). The average Bonchev–Trinajstić information content (AvgIpc) is 2.49. The van der Waals surface area contributed by atoms with E-state index in [1.165, 1.54) is 0 Å². The quantitative estimate of drug-likeness (QED) is 0.634. The van der Waals surface area contributed by atoms with E-state index in [9.17, 15) is 4.79 Å². The van der Waals surface area contributed by atoms with Crippen molar-refractivity contribution in [2.24, 2.45) is 0 Å². The minimum atomic E-state index is -0.131. The van der Waals surface area contributed by atoms with Crippen molar-refractivity contribution in [3.63, 3.8) is 0 Å². The van der Waals surface area contributed by atoms with Gasteiger partial charge in [0.05, 0.1) is 0 Å². The van der Waals surface area contributed by atoms with Gasteiger partial charge in [-0.25, -0.2) is 5.43 Å². The molecule has 0 aliphatic heterocycles. The molecule has 0 bridgehead atoms. The Hall–Kier alpha value is -2.39. The van der Waals surface area contributed by atoms with E-state index < -0.39 is 0 Å². The fourth-order valence-electron chi connectivity index (χ4n) is 1.61. The third kappa shape index (κ3) is 4.41. The molecule has 3 nitrogen and oxygen atoms in total. The van der Waals surface area contributed by atoms with Gasteiger partial charge < -0.3 is 0 Å². The van der Waals surface area contributed by atoms with Crippen molar-refractivity contribution in [2.45, 2.75) is 0 Å². The summed E-state index contributed by atoms with van der Waals surface area (Å²) in [6.07, 6.45) is 3.96. The maximum absolute atomic E-state index is 11.7. The Morgan fingerprint density at radius 3 is 2.26 bits per heavy atom. The van der Waals surface area contributed by atoms with Gasteiger partial charge in [0.15, 0.2) is 0 Å². The Balaban J connectivity index is 1.73. The highest BCUT2D eigenvalue weighted by Gasteiger charge is 2.01. The van der Waals surface area contributed by atoms with Gasteiger partial charge in [-0.05, 0) is 17.7 Å². The molecule has 0 fully saturated rings. The van der Waals surface area contributed by atoms with E-state index in [1.54, 1.807) is 12.1 Å². The van der Waals surface area contributed by atoms with E-state index in [0.717, 1.165) is 5.56 Å². The molecule has 1 amide bonds. The molecule has 0 aromatic heterocycles. The Kier molecular flexibility index (Phi) is 4.90. The summed E-state index contributed by atoms with van der Waals surface area (Å²) in [4.78, 5) is 11.7. The Morgan fingerprint density at radius 2 is 1.58 bits per heavy atom. The van der Waals surface area contributed by atoms with Crippen LogP contribution in [0.3, 0.4) is 0 Å². The second kappa shape index (κ2) is 7.13. The molecule has 0 unspecified atom stereocenters. The van der Waals surface area contributed by atoms with Crippen LogP contribution in [-0.2, 0) is 0 Å². The zero-order valence-electron chi connectivity index (χ0n) is 10.5. The lowest BCUT2D eigenvalue weighted by Crippen LogP contribution is -2.37. The minimum absolute atomic E-state index is 0.131. The Labute approximate surface area is 112 Å². The minimum Gasteiger partial charge on any atom is -0.287 e. The maximum atomic E-state index is 11.7. The van der Waals surface area contributed by atoms with E-state index in [1.807, 2.05) is 60.7 Å². The van der Waals surface area contributed by atoms with Crippen LogP contribution in [0.25, 0.3) is 6.08 Å². The summed E-state index contributed by atoms with van der Waals surface area (Å²) in [5.41, 5.74) is 7.29. The molecule has 0 spiro atoms. The summed E-state index contributed by atoms with van der Waals surface area (Å²) in [6, 6.07) is 19.1. The normalized spacial score (nSPS) is 10.5. The average molecular weight is 252 g/mol. The van der Waals surface area contributed by atoms with Crippen molar-refractivity contribution in [1.82, 2.24) is 10.9 Å². The fourth-order valence-corrected chi connectivity index (χ4v) is 1.61. The monoisotopic (exact) mass is 252 g/mol. The zero-order chi connectivity index (χ0) is 13.3. The molecule has 0 saturated carbocycles. The van der Waals surface area contributed by atoms with Gasteiger partial charge in [0.1, 0.15) is 0 Å². The topological polar surface area (TPSA) is 41.1 Å². The molecular weight excluding hydrogens is 236 g/mol. The Bertz CT molecular complexity index is 535. The van der Waals surface area contributed by atoms with Crippen LogP contribution in [-0.4, -0.2) is 12.5 Å². The van der Waals surface area contributed by atoms with Crippen molar-refractivity contribution in [3.8, 4) is 0 Å². The first kappa shape index (κ1) is 13.1. The molecule has 0 aliphatic rings. The van der Waals surface area contributed by atoms with Crippen molar-refractivity contribution in [3.05, 3.63) is 77.9 Å². The third-order valence-electron chi connectivity index (χ3n) is 2.57. The molecule has 0 radical (unpaired) electrons. The predicted octanol–water partition coefficient (Wildman–Crippen LogP) is 2.63. The van der Waals surface area contributed by atoms with Crippen LogP contribution in [0.5, 0.6) is 0 Å². The highest BCUT2D eigenvalue weighted by atomic mass is 16.2. The summed E-state index contributed by atoms with van der Waals surface area (Å²) in [5, 5.41) is 0. The fraction of sp³-hybridized carbons (Fsp3) is 0.0625. The lowest BCUT2D eigenvalue weighted by atomic mass is 10.2. The van der Waals surface area contributed by atoms with Crippen molar-refractivity contribution >= 4 is 12.0 Å². The standard InChI is InChI=1S/C16H16N2O/c19-16(15-11-5-2-6-12-15)18-17-13-7-10-14-8-3-1-4-9-14/h1-12,17H,13H2,(H,18,19)/b10-7+. The molecule has 3 heteroatoms. The largest absolute Gasteiger partial charge is 0.287 e. The molecule has 19 heavy (non-hydrogen) atoms. The van der Waals surface area contributed by atoms with Gasteiger partial charge in [0.25, 0.3) is 5.91 Å². The maximum Gasteiger partial charge on any atom is 0.265 e. The highest BCUT2D eigenvalue weighted by Crippen LogP contribution is 2.00. The first-order valence-corrected chi connectivity index (χ1v) is 6.16. The van der Waals surface area contributed by atoms with Gasteiger partial charge >= 0.3 is 0 Å². The molecular formula is C16H16N2O. The molecule has 2 aromatic carbocycles. The van der Waals surface area contributed by atoms with Crippen LogP contribution >= 0.6 is 0 Å². The molecule has 96 valence electrons. The number of amides is 1. The van der Waals surface area contributed by atoms with Crippen LogP contribution in [0.2, 0.25) is 0 Å². The number of hydrogen-bond donors (Lipinski definition) is 2. The van der Waals surface area contributed by atoms with E-state index >= 15 is 0 Å². The first-order valence-electron chi connectivity index (χ1n) is 6.16. The summed E-state index contributed by atoms with van der Waals surface area (Å²) in [7, 11) is 0. The first-order chi connectivity index (χ1) is 9.36. The molecule has 0 heterocycles. The summed E-state index contributed by atoms with van der Waals surface area (Å²) in [6.45, 7) is 0.577. The van der Waals surface area contributed by atoms with Crippen LogP contribution in [0.4, 0.5) is 0 Å². The van der Waals surface area contributed by atoms with Gasteiger partial charge in [-0.2, -0.15) is 0 Å². The van der Waals surface area contributed by atoms with E-state index in [2.05, 4.69) is 10.9 Å². The van der Waals surface area contributed by atoms with E-state index in [4.69, 9.17) is 0 Å². The van der Waals surface area contributed by atoms with Crippen molar-refractivity contribution in [2.75, 3.05) is 6.54 Å². The number of hydrazine groups is 1. The van der Waals surface area contributed by atoms with Crippen LogP contribution in [0.15, 0.2) is 66.7 Å². The smallest absolute Gasteiger partial charge is 0.265 e. The predicted molar refractivity (Wildman–Crippen MR) is 77.4 cm³/mol. The molecule has 2 N–H and O–H groups in total. The van der Waals surface area contributed by atoms with Crippen LogP contribution in [0.1, 0.15) is 15.9 Å². The summed E-state index contributed by atoms with van der Waals surface area (Å²) in [5.74, 6) is -0.131. The lowest BCUT2D eigenvalue weighted by Gasteiger charge is -2.04. The number of carbonyl (C=O) groups is 1. The number of nitrogens with one attached hydrogen (secondary N) is 2. The molecule has 0 saturated heterocycles. The van der Waals surface area contributed by atoms with Crippen LogP contribution in [0, 0.1) is 0 Å². The number of carbonyl (C=O) groups excluding carboxylic acids is 1. The van der Waals surface area contributed by atoms with Gasteiger partial charge in [-0.3, -0.25) is 10.2 Å². The Morgan fingerprint density at radius 1 is 0.947 bits per heavy atom. The lowest BCUT2D eigenvalue weighted by molar-refractivity contribution is 0.0935. The third-order valence-corrected chi connectivity index (χ3v) is 2.57. The van der Waals surface area contributed by atoms with Gasteiger partial charge in [-0.15, -0.1) is 0 Å². The number of hydrogen-bond acceptors (Lipinski definition) is 2. The number of benzene rings is 2. The zero-order valence-corrected chi connectivity index (χ0v) is 10.5. The molecule has 2 aromatic rings. The molecule has 0 aliphatic carbocycles. The van der Waals surface area contributed by atoms with Gasteiger partial charge in [-0.1, -0.05) is 60.7 Å². The van der Waals surface area contributed by atoms with E-state index in [-0.39, 0.29) is 5.91 Å². The summed E-state index contributed by atoms with van der Waals surface area (Å²) < 4.78 is 0. The SMILES string of the molecule is O=C(NNC/C=C/c1ccccc1)c1ccccc1.